The van der Waals surface area contributed by atoms with Crippen molar-refractivity contribution >= 4 is 0 Å². The summed E-state index contributed by atoms with van der Waals surface area (Å²) in [6.07, 6.45) is 9.88. The Morgan fingerprint density at radius 1 is 1.15 bits per heavy atom. The molecule has 134 valence electrons. The second kappa shape index (κ2) is 7.81. The summed E-state index contributed by atoms with van der Waals surface area (Å²) in [5.74, 6) is 0.828. The Balaban J connectivity index is 1.39. The topological polar surface area (TPSA) is 60.2 Å². The number of fused-ring (bicyclic) bond motifs is 1. The normalized spacial score (nSPS) is 17.7. The molecule has 3 aromatic rings. The van der Waals surface area contributed by atoms with Crippen LogP contribution in [0.15, 0.2) is 61.2 Å². The van der Waals surface area contributed by atoms with Crippen molar-refractivity contribution in [2.24, 2.45) is 0 Å². The summed E-state index contributed by atoms with van der Waals surface area (Å²) in [6, 6.07) is 12.3. The Morgan fingerprint density at radius 3 is 2.88 bits per heavy atom. The molecule has 0 unspecified atom stereocenters. The summed E-state index contributed by atoms with van der Waals surface area (Å²) in [5.41, 5.74) is 3.62. The van der Waals surface area contributed by atoms with Gasteiger partial charge in [0, 0.05) is 30.4 Å². The number of nitrogens with zero attached hydrogens (tertiary/aromatic N) is 3. The molecule has 2 heterocycles. The average Bonchev–Trinajstić information content (AvgIpc) is 3.15. The first-order valence-corrected chi connectivity index (χ1v) is 9.10. The Morgan fingerprint density at radius 2 is 2.00 bits per heavy atom. The molecule has 0 amide bonds. The van der Waals surface area contributed by atoms with Crippen LogP contribution in [-0.4, -0.2) is 32.4 Å². The SMILES string of the molecule is O[C@H](CO[C@H]1CCCc2ccccc21)Cn1ccnc1-c1ccncc1. The zero-order valence-corrected chi connectivity index (χ0v) is 14.7. The molecule has 0 aliphatic heterocycles. The zero-order valence-electron chi connectivity index (χ0n) is 14.7. The lowest BCUT2D eigenvalue weighted by atomic mass is 9.89. The van der Waals surface area contributed by atoms with Gasteiger partial charge in [-0.3, -0.25) is 4.98 Å². The molecule has 1 aromatic carbocycles. The minimum Gasteiger partial charge on any atom is -0.389 e. The van der Waals surface area contributed by atoms with Crippen molar-refractivity contribution in [1.29, 1.82) is 0 Å². The molecule has 0 saturated heterocycles. The molecule has 0 bridgehead atoms. The standard InChI is InChI=1S/C21H23N3O2/c25-18(14-24-13-12-23-21(24)17-8-10-22-11-9-17)15-26-20-7-3-5-16-4-1-2-6-19(16)20/h1-2,4,6,8-13,18,20,25H,3,5,7,14-15H2/t18-,20-/m0/s1. The van der Waals surface area contributed by atoms with Crippen LogP contribution in [0.1, 0.15) is 30.1 Å². The van der Waals surface area contributed by atoms with Crippen LogP contribution >= 0.6 is 0 Å². The molecule has 1 aliphatic carbocycles. The number of aromatic nitrogens is 3. The summed E-state index contributed by atoms with van der Waals surface area (Å²) in [7, 11) is 0. The maximum absolute atomic E-state index is 10.5. The lowest BCUT2D eigenvalue weighted by Gasteiger charge is -2.26. The fraction of sp³-hybridized carbons (Fsp3) is 0.333. The van der Waals surface area contributed by atoms with Gasteiger partial charge in [0.05, 0.1) is 25.4 Å². The highest BCUT2D eigenvalue weighted by molar-refractivity contribution is 5.54. The van der Waals surface area contributed by atoms with Crippen molar-refractivity contribution in [3.63, 3.8) is 0 Å². The van der Waals surface area contributed by atoms with E-state index in [2.05, 4.69) is 34.2 Å². The third-order valence-electron chi connectivity index (χ3n) is 4.87. The number of hydrogen-bond donors (Lipinski definition) is 1. The summed E-state index contributed by atoms with van der Waals surface area (Å²) < 4.78 is 8.03. The molecule has 5 nitrogen and oxygen atoms in total. The van der Waals surface area contributed by atoms with Gasteiger partial charge < -0.3 is 14.4 Å². The van der Waals surface area contributed by atoms with E-state index in [1.165, 1.54) is 11.1 Å². The van der Waals surface area contributed by atoms with E-state index in [4.69, 9.17) is 4.74 Å². The van der Waals surface area contributed by atoms with Crippen molar-refractivity contribution in [2.45, 2.75) is 38.0 Å². The van der Waals surface area contributed by atoms with Gasteiger partial charge in [0.2, 0.25) is 0 Å². The van der Waals surface area contributed by atoms with E-state index in [1.54, 1.807) is 18.6 Å². The fourth-order valence-corrected chi connectivity index (χ4v) is 3.61. The van der Waals surface area contributed by atoms with Gasteiger partial charge in [0.1, 0.15) is 5.82 Å². The Kier molecular flexibility index (Phi) is 5.09. The highest BCUT2D eigenvalue weighted by Gasteiger charge is 2.21. The monoisotopic (exact) mass is 349 g/mol. The molecule has 0 fully saturated rings. The zero-order chi connectivity index (χ0) is 17.8. The Labute approximate surface area is 153 Å². The van der Waals surface area contributed by atoms with Crippen LogP contribution in [0.2, 0.25) is 0 Å². The van der Waals surface area contributed by atoms with Gasteiger partial charge in [-0.2, -0.15) is 0 Å². The molecule has 1 N–H and O–H groups in total. The van der Waals surface area contributed by atoms with Crippen molar-refractivity contribution in [1.82, 2.24) is 14.5 Å². The molecule has 2 aromatic heterocycles. The van der Waals surface area contributed by atoms with Crippen LogP contribution in [0.5, 0.6) is 0 Å². The van der Waals surface area contributed by atoms with Gasteiger partial charge in [-0.25, -0.2) is 4.98 Å². The van der Waals surface area contributed by atoms with Gasteiger partial charge in [-0.05, 0) is 42.5 Å². The molecular formula is C21H23N3O2. The molecule has 0 saturated carbocycles. The summed E-state index contributed by atoms with van der Waals surface area (Å²) in [4.78, 5) is 8.44. The predicted molar refractivity (Wildman–Crippen MR) is 99.5 cm³/mol. The lowest BCUT2D eigenvalue weighted by molar-refractivity contribution is -0.0224. The van der Waals surface area contributed by atoms with Crippen molar-refractivity contribution in [3.8, 4) is 11.4 Å². The summed E-state index contributed by atoms with van der Waals surface area (Å²) in [6.45, 7) is 0.763. The second-order valence-electron chi connectivity index (χ2n) is 6.71. The van der Waals surface area contributed by atoms with E-state index in [0.29, 0.717) is 13.2 Å². The van der Waals surface area contributed by atoms with E-state index >= 15 is 0 Å². The number of aryl methyl sites for hydroxylation is 1. The Hall–Kier alpha value is -2.50. The van der Waals surface area contributed by atoms with Crippen LogP contribution in [-0.2, 0) is 17.7 Å². The van der Waals surface area contributed by atoms with Gasteiger partial charge in [-0.15, -0.1) is 0 Å². The third kappa shape index (κ3) is 3.69. The first-order valence-electron chi connectivity index (χ1n) is 9.10. The van der Waals surface area contributed by atoms with E-state index in [0.717, 1.165) is 30.7 Å². The molecule has 5 heteroatoms. The van der Waals surface area contributed by atoms with E-state index < -0.39 is 6.10 Å². The molecule has 0 spiro atoms. The van der Waals surface area contributed by atoms with Crippen LogP contribution in [0.4, 0.5) is 0 Å². The van der Waals surface area contributed by atoms with Crippen LogP contribution in [0, 0.1) is 0 Å². The maximum Gasteiger partial charge on any atom is 0.140 e. The third-order valence-corrected chi connectivity index (χ3v) is 4.87. The minimum atomic E-state index is -0.584. The number of ether oxygens (including phenoxy) is 1. The number of aliphatic hydroxyl groups is 1. The number of imidazole rings is 1. The van der Waals surface area contributed by atoms with E-state index in [1.807, 2.05) is 22.9 Å². The minimum absolute atomic E-state index is 0.0806. The van der Waals surface area contributed by atoms with Crippen molar-refractivity contribution < 1.29 is 9.84 Å². The molecule has 4 rings (SSSR count). The highest BCUT2D eigenvalue weighted by Crippen LogP contribution is 2.32. The Bertz CT molecular complexity index is 847. The summed E-state index contributed by atoms with van der Waals surface area (Å²) >= 11 is 0. The molecule has 1 aliphatic rings. The maximum atomic E-state index is 10.5. The molecular weight excluding hydrogens is 326 g/mol. The number of rotatable bonds is 6. The number of benzene rings is 1. The second-order valence-corrected chi connectivity index (χ2v) is 6.71. The first-order chi connectivity index (χ1) is 12.8. The first kappa shape index (κ1) is 16.9. The molecule has 26 heavy (non-hydrogen) atoms. The quantitative estimate of drug-likeness (QED) is 0.741. The van der Waals surface area contributed by atoms with Gasteiger partial charge in [-0.1, -0.05) is 24.3 Å². The van der Waals surface area contributed by atoms with Gasteiger partial charge in [0.25, 0.3) is 0 Å². The molecule has 0 radical (unpaired) electrons. The van der Waals surface area contributed by atoms with Gasteiger partial charge in [0.15, 0.2) is 0 Å². The van der Waals surface area contributed by atoms with Crippen LogP contribution in [0.3, 0.4) is 0 Å². The van der Waals surface area contributed by atoms with Gasteiger partial charge >= 0.3 is 0 Å². The number of pyridine rings is 1. The predicted octanol–water partition coefficient (Wildman–Crippen LogP) is 3.40. The number of hydrogen-bond acceptors (Lipinski definition) is 4. The van der Waals surface area contributed by atoms with E-state index in [-0.39, 0.29) is 6.10 Å². The van der Waals surface area contributed by atoms with Crippen molar-refractivity contribution in [3.05, 3.63) is 72.3 Å². The highest BCUT2D eigenvalue weighted by atomic mass is 16.5. The van der Waals surface area contributed by atoms with Crippen molar-refractivity contribution in [2.75, 3.05) is 6.61 Å². The van der Waals surface area contributed by atoms with E-state index in [9.17, 15) is 5.11 Å². The smallest absolute Gasteiger partial charge is 0.140 e. The molecule has 2 atom stereocenters. The largest absolute Gasteiger partial charge is 0.389 e. The van der Waals surface area contributed by atoms with Crippen LogP contribution in [0.25, 0.3) is 11.4 Å². The fourth-order valence-electron chi connectivity index (χ4n) is 3.61. The number of aliphatic hydroxyl groups excluding tert-OH is 1. The van der Waals surface area contributed by atoms with Crippen LogP contribution < -0.4 is 0 Å². The summed E-state index contributed by atoms with van der Waals surface area (Å²) in [5, 5.41) is 10.5. The average molecular weight is 349 g/mol. The lowest BCUT2D eigenvalue weighted by Crippen LogP contribution is -2.24.